The molecule has 2 unspecified atom stereocenters. The number of thioether (sulfide) groups is 1. The van der Waals surface area contributed by atoms with Gasteiger partial charge in [-0.2, -0.15) is 11.8 Å². The molecule has 1 fully saturated rings. The van der Waals surface area contributed by atoms with Crippen LogP contribution in [-0.4, -0.2) is 42.6 Å². The average Bonchev–Trinajstić information content (AvgIpc) is 2.51. The van der Waals surface area contributed by atoms with Gasteiger partial charge in [0.05, 0.1) is 5.54 Å². The SMILES string of the molecule is CCCC1CNC(C)(c2ccccc2)CN1CCCSC. The third-order valence-electron chi connectivity index (χ3n) is 4.59. The Hall–Kier alpha value is -0.510. The Balaban J connectivity index is 2.06. The number of rotatable bonds is 7. The molecule has 0 bridgehead atoms. The van der Waals surface area contributed by atoms with E-state index in [2.05, 4.69) is 60.7 Å². The molecule has 0 aromatic heterocycles. The quantitative estimate of drug-likeness (QED) is 0.773. The summed E-state index contributed by atoms with van der Waals surface area (Å²) >= 11 is 1.96. The Morgan fingerprint density at radius 3 is 2.76 bits per heavy atom. The number of nitrogens with zero attached hydrogens (tertiary/aromatic N) is 1. The van der Waals surface area contributed by atoms with Crippen LogP contribution in [0.4, 0.5) is 0 Å². The van der Waals surface area contributed by atoms with Gasteiger partial charge in [-0.25, -0.2) is 0 Å². The molecule has 0 radical (unpaired) electrons. The Morgan fingerprint density at radius 2 is 2.10 bits per heavy atom. The number of benzene rings is 1. The molecule has 2 nitrogen and oxygen atoms in total. The van der Waals surface area contributed by atoms with Gasteiger partial charge in [0.1, 0.15) is 0 Å². The van der Waals surface area contributed by atoms with Gasteiger partial charge >= 0.3 is 0 Å². The van der Waals surface area contributed by atoms with Gasteiger partial charge in [-0.15, -0.1) is 0 Å². The summed E-state index contributed by atoms with van der Waals surface area (Å²) in [6, 6.07) is 11.6. The van der Waals surface area contributed by atoms with Gasteiger partial charge in [-0.3, -0.25) is 4.90 Å². The molecule has 0 aliphatic carbocycles. The van der Waals surface area contributed by atoms with E-state index < -0.39 is 0 Å². The fourth-order valence-corrected chi connectivity index (χ4v) is 3.77. The van der Waals surface area contributed by atoms with Crippen LogP contribution in [0.25, 0.3) is 0 Å². The smallest absolute Gasteiger partial charge is 0.0535 e. The zero-order valence-corrected chi connectivity index (χ0v) is 14.6. The first-order chi connectivity index (χ1) is 10.2. The minimum Gasteiger partial charge on any atom is -0.305 e. The standard InChI is InChI=1S/C18H30N2S/c1-4-9-17-14-19-18(2,16-10-6-5-7-11-16)15-20(17)12-8-13-21-3/h5-7,10-11,17,19H,4,8-9,12-15H2,1-3H3. The van der Waals surface area contributed by atoms with Crippen molar-refractivity contribution in [2.24, 2.45) is 0 Å². The van der Waals surface area contributed by atoms with Crippen LogP contribution >= 0.6 is 11.8 Å². The molecule has 3 heteroatoms. The van der Waals surface area contributed by atoms with Crippen LogP contribution in [0.3, 0.4) is 0 Å². The largest absolute Gasteiger partial charge is 0.305 e. The number of hydrogen-bond acceptors (Lipinski definition) is 3. The molecule has 1 aromatic rings. The normalized spacial score (nSPS) is 26.9. The van der Waals surface area contributed by atoms with Gasteiger partial charge in [0.2, 0.25) is 0 Å². The lowest BCUT2D eigenvalue weighted by Gasteiger charge is -2.46. The van der Waals surface area contributed by atoms with E-state index in [1.807, 2.05) is 11.8 Å². The minimum atomic E-state index is 0.0882. The molecule has 0 saturated carbocycles. The maximum atomic E-state index is 3.82. The van der Waals surface area contributed by atoms with Crippen molar-refractivity contribution in [3.63, 3.8) is 0 Å². The van der Waals surface area contributed by atoms with E-state index >= 15 is 0 Å². The van der Waals surface area contributed by atoms with Gasteiger partial charge in [-0.1, -0.05) is 43.7 Å². The highest BCUT2D eigenvalue weighted by Crippen LogP contribution is 2.27. The lowest BCUT2D eigenvalue weighted by molar-refractivity contribution is 0.0806. The maximum Gasteiger partial charge on any atom is 0.0535 e. The molecule has 2 atom stereocenters. The molecule has 1 aliphatic rings. The molecule has 21 heavy (non-hydrogen) atoms. The average molecular weight is 307 g/mol. The minimum absolute atomic E-state index is 0.0882. The molecule has 1 aliphatic heterocycles. The van der Waals surface area contributed by atoms with E-state index in [1.54, 1.807) is 0 Å². The first-order valence-electron chi connectivity index (χ1n) is 8.23. The second-order valence-electron chi connectivity index (χ2n) is 6.34. The first-order valence-corrected chi connectivity index (χ1v) is 9.62. The molecule has 1 heterocycles. The van der Waals surface area contributed by atoms with E-state index in [0.29, 0.717) is 6.04 Å². The van der Waals surface area contributed by atoms with Crippen LogP contribution in [0.15, 0.2) is 30.3 Å². The van der Waals surface area contributed by atoms with E-state index in [-0.39, 0.29) is 5.54 Å². The van der Waals surface area contributed by atoms with E-state index in [9.17, 15) is 0 Å². The summed E-state index contributed by atoms with van der Waals surface area (Å²) in [4.78, 5) is 2.73. The zero-order chi connectivity index (χ0) is 15.1. The Kier molecular flexibility index (Phi) is 6.59. The van der Waals surface area contributed by atoms with Gasteiger partial charge in [0, 0.05) is 19.1 Å². The molecule has 1 N–H and O–H groups in total. The van der Waals surface area contributed by atoms with E-state index in [1.165, 1.54) is 37.1 Å². The zero-order valence-electron chi connectivity index (χ0n) is 13.8. The second-order valence-corrected chi connectivity index (χ2v) is 7.32. The van der Waals surface area contributed by atoms with Crippen molar-refractivity contribution in [3.05, 3.63) is 35.9 Å². The third-order valence-corrected chi connectivity index (χ3v) is 5.29. The molecular weight excluding hydrogens is 276 g/mol. The highest BCUT2D eigenvalue weighted by atomic mass is 32.2. The van der Waals surface area contributed by atoms with Crippen LogP contribution in [-0.2, 0) is 5.54 Å². The topological polar surface area (TPSA) is 15.3 Å². The van der Waals surface area contributed by atoms with Crippen molar-refractivity contribution in [2.75, 3.05) is 31.6 Å². The fourth-order valence-electron chi connectivity index (χ4n) is 3.35. The van der Waals surface area contributed by atoms with Crippen LogP contribution in [0, 0.1) is 0 Å². The summed E-state index contributed by atoms with van der Waals surface area (Å²) in [5, 5.41) is 3.82. The molecular formula is C18H30N2S. The van der Waals surface area contributed by atoms with E-state index in [0.717, 1.165) is 13.1 Å². The molecule has 1 saturated heterocycles. The summed E-state index contributed by atoms with van der Waals surface area (Å²) in [7, 11) is 0. The van der Waals surface area contributed by atoms with Gasteiger partial charge < -0.3 is 5.32 Å². The van der Waals surface area contributed by atoms with Gasteiger partial charge in [-0.05, 0) is 43.9 Å². The first kappa shape index (κ1) is 16.9. The highest BCUT2D eigenvalue weighted by molar-refractivity contribution is 7.98. The number of hydrogen-bond donors (Lipinski definition) is 1. The van der Waals surface area contributed by atoms with Crippen molar-refractivity contribution in [3.8, 4) is 0 Å². The van der Waals surface area contributed by atoms with Gasteiger partial charge in [0.15, 0.2) is 0 Å². The van der Waals surface area contributed by atoms with Crippen molar-refractivity contribution in [1.82, 2.24) is 10.2 Å². The Labute approximate surface area is 134 Å². The molecule has 0 amide bonds. The molecule has 1 aromatic carbocycles. The van der Waals surface area contributed by atoms with Gasteiger partial charge in [0.25, 0.3) is 0 Å². The van der Waals surface area contributed by atoms with Crippen molar-refractivity contribution in [1.29, 1.82) is 0 Å². The Morgan fingerprint density at radius 1 is 1.33 bits per heavy atom. The van der Waals surface area contributed by atoms with Crippen molar-refractivity contribution in [2.45, 2.75) is 44.7 Å². The van der Waals surface area contributed by atoms with Crippen LogP contribution < -0.4 is 5.32 Å². The lowest BCUT2D eigenvalue weighted by Crippen LogP contribution is -2.61. The monoisotopic (exact) mass is 306 g/mol. The van der Waals surface area contributed by atoms with Crippen LogP contribution in [0.2, 0.25) is 0 Å². The number of piperazine rings is 1. The summed E-state index contributed by atoms with van der Waals surface area (Å²) in [6.45, 7) is 8.11. The lowest BCUT2D eigenvalue weighted by atomic mass is 9.87. The number of nitrogens with one attached hydrogen (secondary N) is 1. The molecule has 118 valence electrons. The summed E-state index contributed by atoms with van der Waals surface area (Å²) in [5.74, 6) is 1.27. The fraction of sp³-hybridized carbons (Fsp3) is 0.667. The van der Waals surface area contributed by atoms with Crippen molar-refractivity contribution >= 4 is 11.8 Å². The summed E-state index contributed by atoms with van der Waals surface area (Å²) in [5.41, 5.74) is 1.50. The predicted molar refractivity (Wildman–Crippen MR) is 95.1 cm³/mol. The predicted octanol–water partition coefficient (Wildman–Crippen LogP) is 3.73. The second kappa shape index (κ2) is 8.21. The molecule has 0 spiro atoms. The summed E-state index contributed by atoms with van der Waals surface area (Å²) in [6.07, 6.45) is 6.08. The highest BCUT2D eigenvalue weighted by Gasteiger charge is 2.36. The Bertz CT molecular complexity index is 409. The van der Waals surface area contributed by atoms with Crippen LogP contribution in [0.1, 0.15) is 38.7 Å². The van der Waals surface area contributed by atoms with Crippen LogP contribution in [0.5, 0.6) is 0 Å². The molecule has 2 rings (SSSR count). The third kappa shape index (κ3) is 4.48. The maximum absolute atomic E-state index is 3.82. The van der Waals surface area contributed by atoms with Crippen molar-refractivity contribution < 1.29 is 0 Å². The summed E-state index contributed by atoms with van der Waals surface area (Å²) < 4.78 is 0. The van der Waals surface area contributed by atoms with E-state index in [4.69, 9.17) is 0 Å².